The third kappa shape index (κ3) is 8.23. The maximum atomic E-state index is 9.98. The third-order valence-electron chi connectivity index (χ3n) is 17.4. The van der Waals surface area contributed by atoms with Crippen LogP contribution in [0.25, 0.3) is 111 Å². The van der Waals surface area contributed by atoms with Gasteiger partial charge in [0.2, 0.25) is 0 Å². The second-order valence-electron chi connectivity index (χ2n) is 23.3. The number of nitrogens with zero attached hydrogens (tertiary/aromatic N) is 5. The number of fused-ring (bicyclic) bond motifs is 13. The Morgan fingerprint density at radius 2 is 0.955 bits per heavy atom. The molecule has 89 heavy (non-hydrogen) atoms. The topological polar surface area (TPSA) is 40.8 Å². The van der Waals surface area contributed by atoms with Crippen LogP contribution in [0, 0.1) is 6.33 Å². The Labute approximate surface area is 538 Å². The zero-order valence-corrected chi connectivity index (χ0v) is 49.4. The van der Waals surface area contributed by atoms with E-state index in [0.29, 0.717) is 50.8 Å². The molecule has 4 aromatic heterocycles. The van der Waals surface area contributed by atoms with Gasteiger partial charge in [-0.05, 0) is 132 Å². The van der Waals surface area contributed by atoms with Crippen molar-refractivity contribution in [3.63, 3.8) is 0 Å². The Balaban J connectivity index is 0.972. The van der Waals surface area contributed by atoms with Gasteiger partial charge in [0, 0.05) is 33.8 Å². The maximum Gasteiger partial charge on any atom is 0.269 e. The molecule has 0 atom stereocenters. The second kappa shape index (κ2) is 20.5. The molecular weight excluding hydrogens is 1100 g/mol. The normalized spacial score (nSPS) is 14.6. The summed E-state index contributed by atoms with van der Waals surface area (Å²) in [6.45, 7) is 6.56. The Bertz CT molecular complexity index is 6130. The van der Waals surface area contributed by atoms with Crippen molar-refractivity contribution in [2.24, 2.45) is 0 Å². The molecule has 0 saturated carbocycles. The molecule has 17 rings (SSSR count). The van der Waals surface area contributed by atoms with Crippen molar-refractivity contribution < 1.29 is 29.9 Å². The Morgan fingerprint density at radius 3 is 1.61 bits per heavy atom. The standard InChI is InChI=1S/C82H59N5OSi/c1-82(2,3)55-48-49-83-79(50-55)87-75-41-20-17-36-68(75)69-46-44-58(52-78(69)87)88-57-25-21-24-56(51-57)84-54-85-80-70(37-22-42-76(80)84)64-33-14-13-32-63(64)65-47-45-62(89(59-26-7-4-8-27-59,60-28-9-5-10-29-60)61-30-11-6-12-31-61)53-72(65)71-38-23-43-77(81(71)85)86-73-39-18-15-34-66(73)67-35-16-19-40-74(67)86/h4-53H,1-3H3/i4D,5D,6D,7D,8D,9D,10D,11D,12D,26D,27D,28D,29D,30D,31D. The summed E-state index contributed by atoms with van der Waals surface area (Å²) in [5.74, 6) is 1.90. The van der Waals surface area contributed by atoms with Gasteiger partial charge in [-0.25, -0.2) is 4.98 Å². The van der Waals surface area contributed by atoms with Crippen LogP contribution in [0.1, 0.15) is 46.9 Å². The first-order chi connectivity index (χ1) is 50.0. The minimum atomic E-state index is -5.65. The molecule has 6 nitrogen and oxygen atoms in total. The average molecular weight is 1170 g/mol. The zero-order valence-electron chi connectivity index (χ0n) is 63.4. The van der Waals surface area contributed by atoms with Gasteiger partial charge in [-0.3, -0.25) is 13.7 Å². The molecule has 0 bridgehead atoms. The summed E-state index contributed by atoms with van der Waals surface area (Å²) in [6, 6.07) is 54.7. The van der Waals surface area contributed by atoms with Crippen LogP contribution >= 0.6 is 0 Å². The molecule has 0 aliphatic carbocycles. The molecule has 7 heteroatoms. The molecule has 0 N–H and O–H groups in total. The fourth-order valence-electron chi connectivity index (χ4n) is 13.5. The lowest BCUT2D eigenvalue weighted by atomic mass is 9.88. The summed E-state index contributed by atoms with van der Waals surface area (Å²) in [5, 5.41) is 2.23. The molecule has 0 amide bonds. The van der Waals surface area contributed by atoms with E-state index in [-0.39, 0.29) is 10.6 Å². The van der Waals surface area contributed by atoms with Gasteiger partial charge in [0.1, 0.15) is 17.3 Å². The highest BCUT2D eigenvalue weighted by Gasteiger charge is 2.42. The van der Waals surface area contributed by atoms with Crippen molar-refractivity contribution in [3.8, 4) is 67.8 Å². The fourth-order valence-corrected chi connectivity index (χ4v) is 17.3. The zero-order chi connectivity index (χ0) is 72.4. The number of hydrogen-bond donors (Lipinski definition) is 0. The van der Waals surface area contributed by atoms with Crippen LogP contribution in [-0.2, 0) is 5.41 Å². The van der Waals surface area contributed by atoms with E-state index in [1.54, 1.807) is 18.2 Å². The maximum absolute atomic E-state index is 9.98. The monoisotopic (exact) mass is 1170 g/mol. The number of hydrogen-bond acceptors (Lipinski definition) is 2. The summed E-state index contributed by atoms with van der Waals surface area (Å²) in [4.78, 5) is 4.91. The van der Waals surface area contributed by atoms with E-state index in [2.05, 4.69) is 96.9 Å². The first kappa shape index (κ1) is 38.8. The lowest BCUT2D eigenvalue weighted by Crippen LogP contribution is -2.74. The smallest absolute Gasteiger partial charge is 0.269 e. The van der Waals surface area contributed by atoms with Gasteiger partial charge in [0.15, 0.2) is 8.07 Å². The predicted octanol–water partition coefficient (Wildman–Crippen LogP) is 17.1. The molecular formula is C82H59N5OSi. The van der Waals surface area contributed by atoms with Gasteiger partial charge in [-0.2, -0.15) is 0 Å². The molecule has 5 heterocycles. The van der Waals surface area contributed by atoms with E-state index in [1.807, 2.05) is 143 Å². The van der Waals surface area contributed by atoms with Gasteiger partial charge < -0.3 is 9.30 Å². The molecule has 0 unspecified atom stereocenters. The molecule has 1 aliphatic rings. The van der Waals surface area contributed by atoms with Crippen molar-refractivity contribution in [1.82, 2.24) is 18.7 Å². The number of benzene rings is 12. The van der Waals surface area contributed by atoms with E-state index in [9.17, 15) is 16.4 Å². The predicted molar refractivity (Wildman–Crippen MR) is 369 cm³/mol. The minimum absolute atomic E-state index is 0.0326. The van der Waals surface area contributed by atoms with Crippen LogP contribution in [-0.4, -0.2) is 26.8 Å². The lowest BCUT2D eigenvalue weighted by molar-refractivity contribution is -0.571. The molecule has 12 aromatic carbocycles. The van der Waals surface area contributed by atoms with Crippen molar-refractivity contribution in [2.75, 3.05) is 0 Å². The highest BCUT2D eigenvalue weighted by molar-refractivity contribution is 7.20. The molecule has 16 aromatic rings. The molecule has 0 saturated heterocycles. The van der Waals surface area contributed by atoms with Crippen LogP contribution in [0.4, 0.5) is 0 Å². The van der Waals surface area contributed by atoms with Gasteiger partial charge in [-0.1, -0.05) is 245 Å². The van der Waals surface area contributed by atoms with Crippen LogP contribution < -0.4 is 30.1 Å². The highest BCUT2D eigenvalue weighted by Crippen LogP contribution is 2.46. The van der Waals surface area contributed by atoms with E-state index in [1.165, 1.54) is 0 Å². The van der Waals surface area contributed by atoms with Crippen LogP contribution in [0.15, 0.2) is 303 Å². The van der Waals surface area contributed by atoms with Crippen LogP contribution in [0.2, 0.25) is 0 Å². The van der Waals surface area contributed by atoms with Gasteiger partial charge >= 0.3 is 0 Å². The summed E-state index contributed by atoms with van der Waals surface area (Å²) in [5.41, 5.74) is 11.7. The summed E-state index contributed by atoms with van der Waals surface area (Å²) >= 11 is 0. The number of pyridine rings is 1. The Kier molecular flexibility index (Phi) is 8.95. The fraction of sp³-hybridized carbons (Fsp3) is 0.0488. The van der Waals surface area contributed by atoms with E-state index in [4.69, 9.17) is 13.8 Å². The number of para-hydroxylation sites is 5. The number of ether oxygens (including phenoxy) is 1. The average Bonchev–Trinajstić information content (AvgIpc) is 0.818. The van der Waals surface area contributed by atoms with Crippen molar-refractivity contribution in [1.29, 1.82) is 0 Å². The summed E-state index contributed by atoms with van der Waals surface area (Å²) in [7, 11) is -5.65. The quantitative estimate of drug-likeness (QED) is 0.0625. The molecule has 1 aliphatic heterocycles. The first-order valence-electron chi connectivity index (χ1n) is 36.9. The molecule has 0 spiro atoms. The number of rotatable bonds is 9. The van der Waals surface area contributed by atoms with Crippen LogP contribution in [0.5, 0.6) is 11.5 Å². The van der Waals surface area contributed by atoms with E-state index < -0.39 is 114 Å². The highest BCUT2D eigenvalue weighted by atomic mass is 28.3. The van der Waals surface area contributed by atoms with Gasteiger partial charge in [0.05, 0.1) is 70.7 Å². The Morgan fingerprint density at radius 1 is 0.427 bits per heavy atom. The van der Waals surface area contributed by atoms with Crippen molar-refractivity contribution in [2.45, 2.75) is 26.2 Å². The largest absolute Gasteiger partial charge is 0.458 e. The number of aromatic nitrogens is 5. The van der Waals surface area contributed by atoms with Crippen LogP contribution in [0.3, 0.4) is 0 Å². The van der Waals surface area contributed by atoms with Gasteiger partial charge in [0.25, 0.3) is 6.33 Å². The van der Waals surface area contributed by atoms with Crippen molar-refractivity contribution >= 4 is 83.5 Å². The van der Waals surface area contributed by atoms with Crippen molar-refractivity contribution in [3.05, 3.63) is 315 Å². The number of imidazole rings is 1. The summed E-state index contributed by atoms with van der Waals surface area (Å²) in [6.07, 6.45) is 5.74. The minimum Gasteiger partial charge on any atom is -0.458 e. The molecule has 422 valence electrons. The first-order valence-corrected chi connectivity index (χ1v) is 31.4. The third-order valence-corrected chi connectivity index (χ3v) is 21.6. The van der Waals surface area contributed by atoms with Gasteiger partial charge in [-0.15, -0.1) is 0 Å². The Hall–Kier alpha value is -11.1. The lowest BCUT2D eigenvalue weighted by Gasteiger charge is -2.35. The molecule has 0 radical (unpaired) electrons. The van der Waals surface area contributed by atoms with E-state index in [0.717, 1.165) is 77.2 Å². The SMILES string of the molecule is [2H]c1c([2H])c([2H])c([Si](c2ccc3c(c2)-c2cccc(-n4c5ccccc5c5ccccc54)c2-[n+]2[c-]n(-c4cccc(Oc5ccc6c7ccccc7n(-c7cc(C(C)(C)C)ccn7)c6c5)c4)c4cccc(c42)-c2ccccc2-3)(c2c([2H])c([2H])c([2H])c([2H])c2[2H])c2c([2H])c([2H])c([2H])c([2H])c2[2H])c([2H])c1[2H]. The summed E-state index contributed by atoms with van der Waals surface area (Å²) < 4.78 is 158. The van der Waals surface area contributed by atoms with E-state index >= 15 is 0 Å². The second-order valence-corrected chi connectivity index (χ2v) is 26.9. The molecule has 0 fully saturated rings.